The molecule has 0 aromatic carbocycles. The van der Waals surface area contributed by atoms with Gasteiger partial charge in [0.1, 0.15) is 6.33 Å². The highest BCUT2D eigenvalue weighted by molar-refractivity contribution is 5.69. The van der Waals surface area contributed by atoms with Gasteiger partial charge >= 0.3 is 5.69 Å². The van der Waals surface area contributed by atoms with Crippen LogP contribution in [0.3, 0.4) is 0 Å². The first-order chi connectivity index (χ1) is 8.56. The molecule has 98 valence electrons. The number of hydrogen-bond acceptors (Lipinski definition) is 6. The number of nitrogens with zero attached hydrogens (tertiary/aromatic N) is 3. The Morgan fingerprint density at radius 3 is 2.50 bits per heavy atom. The summed E-state index contributed by atoms with van der Waals surface area (Å²) in [5, 5.41) is 17.1. The normalized spacial score (nSPS) is 17.4. The first-order valence-electron chi connectivity index (χ1n) is 6.01. The van der Waals surface area contributed by atoms with Gasteiger partial charge in [0, 0.05) is 12.6 Å². The summed E-state index contributed by atoms with van der Waals surface area (Å²) >= 11 is 0. The van der Waals surface area contributed by atoms with Crippen LogP contribution in [0.5, 0.6) is 0 Å². The van der Waals surface area contributed by atoms with Gasteiger partial charge in [0.25, 0.3) is 0 Å². The molecule has 2 N–H and O–H groups in total. The first kappa shape index (κ1) is 12.5. The van der Waals surface area contributed by atoms with E-state index in [4.69, 9.17) is 0 Å². The minimum Gasteiger partial charge on any atom is -0.367 e. The molecule has 1 saturated carbocycles. The molecular weight excluding hydrogens is 234 g/mol. The van der Waals surface area contributed by atoms with E-state index in [0.717, 1.165) is 25.7 Å². The summed E-state index contributed by atoms with van der Waals surface area (Å²) in [6, 6.07) is 0. The van der Waals surface area contributed by atoms with Crippen molar-refractivity contribution in [3.63, 3.8) is 0 Å². The minimum absolute atomic E-state index is 0.0897. The third-order valence-electron chi connectivity index (χ3n) is 3.37. The fourth-order valence-electron chi connectivity index (χ4n) is 2.39. The lowest BCUT2D eigenvalue weighted by Crippen LogP contribution is -2.31. The maximum atomic E-state index is 11.1. The molecule has 1 heterocycles. The zero-order valence-electron chi connectivity index (χ0n) is 10.6. The van der Waals surface area contributed by atoms with Crippen molar-refractivity contribution in [2.24, 2.45) is 0 Å². The van der Waals surface area contributed by atoms with E-state index in [9.17, 15) is 10.1 Å². The standard InChI is InChI=1S/C11H17N5O2/c1-11(5-3-4-6-11)15-10-8(16(17)18)9(12-2)13-7-14-10/h7H,3-6H2,1-2H3,(H2,12,13,14,15). The van der Waals surface area contributed by atoms with E-state index in [1.807, 2.05) is 0 Å². The van der Waals surface area contributed by atoms with Gasteiger partial charge in [0.2, 0.25) is 11.6 Å². The molecule has 18 heavy (non-hydrogen) atoms. The fourth-order valence-corrected chi connectivity index (χ4v) is 2.39. The maximum absolute atomic E-state index is 11.1. The van der Waals surface area contributed by atoms with E-state index < -0.39 is 4.92 Å². The number of anilines is 2. The molecule has 0 atom stereocenters. The van der Waals surface area contributed by atoms with Crippen molar-refractivity contribution in [2.75, 3.05) is 17.7 Å². The van der Waals surface area contributed by atoms with Crippen molar-refractivity contribution in [1.82, 2.24) is 9.97 Å². The van der Waals surface area contributed by atoms with Crippen LogP contribution in [0.1, 0.15) is 32.6 Å². The van der Waals surface area contributed by atoms with Gasteiger partial charge in [-0.05, 0) is 19.8 Å². The second-order valence-corrected chi connectivity index (χ2v) is 4.82. The summed E-state index contributed by atoms with van der Waals surface area (Å²) in [6.07, 6.45) is 5.62. The highest BCUT2D eigenvalue weighted by Gasteiger charge is 2.32. The van der Waals surface area contributed by atoms with E-state index >= 15 is 0 Å². The summed E-state index contributed by atoms with van der Waals surface area (Å²) in [5.74, 6) is 0.530. The van der Waals surface area contributed by atoms with E-state index in [0.29, 0.717) is 5.82 Å². The predicted molar refractivity (Wildman–Crippen MR) is 68.7 cm³/mol. The van der Waals surface area contributed by atoms with Gasteiger partial charge in [0.05, 0.1) is 4.92 Å². The fraction of sp³-hybridized carbons (Fsp3) is 0.636. The molecule has 0 amide bonds. The lowest BCUT2D eigenvalue weighted by molar-refractivity contribution is -0.383. The van der Waals surface area contributed by atoms with Crippen molar-refractivity contribution in [3.8, 4) is 0 Å². The van der Waals surface area contributed by atoms with Crippen LogP contribution in [-0.4, -0.2) is 27.5 Å². The van der Waals surface area contributed by atoms with E-state index in [-0.39, 0.29) is 17.0 Å². The van der Waals surface area contributed by atoms with Crippen molar-refractivity contribution in [3.05, 3.63) is 16.4 Å². The van der Waals surface area contributed by atoms with Gasteiger partial charge in [-0.25, -0.2) is 9.97 Å². The third-order valence-corrected chi connectivity index (χ3v) is 3.37. The molecule has 0 bridgehead atoms. The molecule has 0 radical (unpaired) electrons. The smallest absolute Gasteiger partial charge is 0.353 e. The SMILES string of the molecule is CNc1ncnc(NC2(C)CCCC2)c1[N+](=O)[O-]. The van der Waals surface area contributed by atoms with Gasteiger partial charge in [-0.3, -0.25) is 10.1 Å². The molecule has 7 nitrogen and oxygen atoms in total. The Bertz CT molecular complexity index is 457. The molecule has 2 rings (SSSR count). The molecule has 1 aliphatic carbocycles. The molecule has 0 unspecified atom stereocenters. The van der Waals surface area contributed by atoms with Gasteiger partial charge < -0.3 is 10.6 Å². The van der Waals surface area contributed by atoms with Crippen LogP contribution in [0, 0.1) is 10.1 Å². The zero-order valence-corrected chi connectivity index (χ0v) is 10.6. The Kier molecular flexibility index (Phi) is 3.31. The van der Waals surface area contributed by atoms with Crippen LogP contribution in [0.15, 0.2) is 6.33 Å². The van der Waals surface area contributed by atoms with Crippen LogP contribution < -0.4 is 10.6 Å². The van der Waals surface area contributed by atoms with Crippen molar-refractivity contribution in [2.45, 2.75) is 38.1 Å². The quantitative estimate of drug-likeness (QED) is 0.629. The lowest BCUT2D eigenvalue weighted by atomic mass is 10.0. The van der Waals surface area contributed by atoms with Crippen LogP contribution in [-0.2, 0) is 0 Å². The number of aromatic nitrogens is 2. The van der Waals surface area contributed by atoms with E-state index in [1.54, 1.807) is 7.05 Å². The second kappa shape index (κ2) is 4.75. The number of nitrogens with one attached hydrogen (secondary N) is 2. The Morgan fingerprint density at radius 2 is 1.94 bits per heavy atom. The third kappa shape index (κ3) is 2.34. The van der Waals surface area contributed by atoms with Crippen LogP contribution >= 0.6 is 0 Å². The molecule has 7 heteroatoms. The zero-order chi connectivity index (χ0) is 13.2. The lowest BCUT2D eigenvalue weighted by Gasteiger charge is -2.25. The van der Waals surface area contributed by atoms with Gasteiger partial charge in [0.15, 0.2) is 0 Å². The summed E-state index contributed by atoms with van der Waals surface area (Å²) < 4.78 is 0. The summed E-state index contributed by atoms with van der Waals surface area (Å²) in [6.45, 7) is 2.07. The molecule has 1 aromatic heterocycles. The summed E-state index contributed by atoms with van der Waals surface area (Å²) in [7, 11) is 1.61. The van der Waals surface area contributed by atoms with Gasteiger partial charge in [-0.2, -0.15) is 0 Å². The van der Waals surface area contributed by atoms with Crippen LogP contribution in [0.2, 0.25) is 0 Å². The van der Waals surface area contributed by atoms with Crippen molar-refractivity contribution >= 4 is 17.3 Å². The predicted octanol–water partition coefficient (Wildman–Crippen LogP) is 2.17. The Labute approximate surface area is 105 Å². The average molecular weight is 251 g/mol. The monoisotopic (exact) mass is 251 g/mol. The average Bonchev–Trinajstić information content (AvgIpc) is 2.75. The Balaban J connectivity index is 2.35. The molecule has 1 aliphatic rings. The summed E-state index contributed by atoms with van der Waals surface area (Å²) in [5.41, 5.74) is -0.197. The summed E-state index contributed by atoms with van der Waals surface area (Å²) in [4.78, 5) is 18.6. The minimum atomic E-state index is -0.452. The Morgan fingerprint density at radius 1 is 1.33 bits per heavy atom. The van der Waals surface area contributed by atoms with E-state index in [1.165, 1.54) is 6.33 Å². The van der Waals surface area contributed by atoms with Crippen molar-refractivity contribution < 1.29 is 4.92 Å². The second-order valence-electron chi connectivity index (χ2n) is 4.82. The molecule has 0 aliphatic heterocycles. The highest BCUT2D eigenvalue weighted by atomic mass is 16.6. The highest BCUT2D eigenvalue weighted by Crippen LogP contribution is 2.36. The number of hydrogen-bond donors (Lipinski definition) is 2. The van der Waals surface area contributed by atoms with Gasteiger partial charge in [-0.15, -0.1) is 0 Å². The molecular formula is C11H17N5O2. The number of nitro groups is 1. The first-order valence-corrected chi connectivity index (χ1v) is 6.01. The van der Waals surface area contributed by atoms with Crippen LogP contribution in [0.4, 0.5) is 17.3 Å². The maximum Gasteiger partial charge on any atom is 0.353 e. The molecule has 0 saturated heterocycles. The molecule has 1 aromatic rings. The molecule has 0 spiro atoms. The topological polar surface area (TPSA) is 93.0 Å². The van der Waals surface area contributed by atoms with Gasteiger partial charge in [-0.1, -0.05) is 12.8 Å². The van der Waals surface area contributed by atoms with Crippen molar-refractivity contribution in [1.29, 1.82) is 0 Å². The number of rotatable bonds is 4. The van der Waals surface area contributed by atoms with E-state index in [2.05, 4.69) is 27.5 Å². The van der Waals surface area contributed by atoms with Crippen LogP contribution in [0.25, 0.3) is 0 Å². The largest absolute Gasteiger partial charge is 0.367 e. The molecule has 1 fully saturated rings. The Hall–Kier alpha value is -1.92.